The zero-order valence-electron chi connectivity index (χ0n) is 11.3. The van der Waals surface area contributed by atoms with Crippen LogP contribution in [-0.4, -0.2) is 18.3 Å². The van der Waals surface area contributed by atoms with Gasteiger partial charge in [0.2, 0.25) is 0 Å². The molecule has 0 heterocycles. The molecule has 1 aliphatic rings. The first-order valence-corrected chi connectivity index (χ1v) is 7.17. The van der Waals surface area contributed by atoms with Gasteiger partial charge in [-0.05, 0) is 53.8 Å². The van der Waals surface area contributed by atoms with Crippen molar-refractivity contribution in [2.75, 3.05) is 7.11 Å². The summed E-state index contributed by atoms with van der Waals surface area (Å²) in [7, 11) is 1.66. The maximum atomic E-state index is 10.4. The van der Waals surface area contributed by atoms with Crippen LogP contribution in [0, 0.1) is 0 Å². The number of hydrogen-bond donors (Lipinski definition) is 1. The molecule has 0 amide bonds. The fraction of sp³-hybridized carbons (Fsp3) is 0.294. The van der Waals surface area contributed by atoms with Gasteiger partial charge in [0, 0.05) is 10.9 Å². The summed E-state index contributed by atoms with van der Waals surface area (Å²) in [4.78, 5) is 0. The van der Waals surface area contributed by atoms with Crippen LogP contribution < -0.4 is 4.74 Å². The van der Waals surface area contributed by atoms with Crippen molar-refractivity contribution < 1.29 is 9.84 Å². The van der Waals surface area contributed by atoms with Gasteiger partial charge in [-0.25, -0.2) is 0 Å². The molecular formula is C17H17ClO2. The van der Waals surface area contributed by atoms with E-state index in [0.717, 1.165) is 29.7 Å². The first-order valence-electron chi connectivity index (χ1n) is 6.79. The summed E-state index contributed by atoms with van der Waals surface area (Å²) in [6.07, 6.45) is 1.29. The molecule has 2 aromatic rings. The Kier molecular flexibility index (Phi) is 3.68. The summed E-state index contributed by atoms with van der Waals surface area (Å²) in [5.74, 6) is 0.789. The van der Waals surface area contributed by atoms with Crippen LogP contribution in [0.25, 0.3) is 0 Å². The van der Waals surface area contributed by atoms with Gasteiger partial charge in [0.25, 0.3) is 0 Å². The van der Waals surface area contributed by atoms with Crippen LogP contribution in [0.3, 0.4) is 0 Å². The first-order chi connectivity index (χ1) is 9.69. The Morgan fingerprint density at radius 3 is 2.80 bits per heavy atom. The van der Waals surface area contributed by atoms with Crippen LogP contribution in [0.5, 0.6) is 5.75 Å². The zero-order chi connectivity index (χ0) is 14.1. The second kappa shape index (κ2) is 5.47. The van der Waals surface area contributed by atoms with Crippen molar-refractivity contribution in [2.24, 2.45) is 0 Å². The van der Waals surface area contributed by atoms with E-state index in [4.69, 9.17) is 16.3 Å². The van der Waals surface area contributed by atoms with Crippen molar-refractivity contribution in [3.63, 3.8) is 0 Å². The molecule has 0 aromatic heterocycles. The molecule has 2 atom stereocenters. The smallest absolute Gasteiger partial charge is 0.119 e. The van der Waals surface area contributed by atoms with E-state index in [2.05, 4.69) is 6.07 Å². The van der Waals surface area contributed by atoms with Crippen LogP contribution in [0.4, 0.5) is 0 Å². The molecule has 3 rings (SSSR count). The first kappa shape index (κ1) is 13.5. The highest BCUT2D eigenvalue weighted by Crippen LogP contribution is 2.39. The number of methoxy groups -OCH3 is 1. The third-order valence-electron chi connectivity index (χ3n) is 3.99. The van der Waals surface area contributed by atoms with Gasteiger partial charge in [0.15, 0.2) is 0 Å². The van der Waals surface area contributed by atoms with E-state index in [1.807, 2.05) is 36.4 Å². The molecular weight excluding hydrogens is 272 g/mol. The van der Waals surface area contributed by atoms with Gasteiger partial charge in [-0.2, -0.15) is 0 Å². The molecule has 0 aliphatic heterocycles. The van der Waals surface area contributed by atoms with Crippen molar-refractivity contribution >= 4 is 11.6 Å². The summed E-state index contributed by atoms with van der Waals surface area (Å²) in [6, 6.07) is 13.8. The minimum absolute atomic E-state index is 0.0347. The SMILES string of the molecule is COc1ccc2c(c1)C(c1cccc(Cl)c1)C(O)CC2. The van der Waals surface area contributed by atoms with Gasteiger partial charge < -0.3 is 9.84 Å². The highest BCUT2D eigenvalue weighted by molar-refractivity contribution is 6.30. The lowest BCUT2D eigenvalue weighted by atomic mass is 9.77. The Bertz CT molecular complexity index is 624. The molecule has 0 saturated heterocycles. The van der Waals surface area contributed by atoms with Crippen LogP contribution in [-0.2, 0) is 6.42 Å². The lowest BCUT2D eigenvalue weighted by molar-refractivity contribution is 0.139. The summed E-state index contributed by atoms with van der Waals surface area (Å²) >= 11 is 6.09. The predicted molar refractivity (Wildman–Crippen MR) is 80.6 cm³/mol. The fourth-order valence-electron chi connectivity index (χ4n) is 3.00. The average molecular weight is 289 g/mol. The summed E-state index contributed by atoms with van der Waals surface area (Å²) < 4.78 is 5.32. The number of fused-ring (bicyclic) bond motifs is 1. The maximum Gasteiger partial charge on any atom is 0.119 e. The Morgan fingerprint density at radius 2 is 2.05 bits per heavy atom. The summed E-state index contributed by atoms with van der Waals surface area (Å²) in [6.45, 7) is 0. The summed E-state index contributed by atoms with van der Waals surface area (Å²) in [5, 5.41) is 11.1. The highest BCUT2D eigenvalue weighted by atomic mass is 35.5. The van der Waals surface area contributed by atoms with Crippen molar-refractivity contribution in [1.29, 1.82) is 0 Å². The summed E-state index contributed by atoms with van der Waals surface area (Å²) in [5.41, 5.74) is 3.48. The van der Waals surface area contributed by atoms with Crippen LogP contribution in [0.2, 0.25) is 5.02 Å². The van der Waals surface area contributed by atoms with Crippen molar-refractivity contribution in [2.45, 2.75) is 24.9 Å². The van der Waals surface area contributed by atoms with Gasteiger partial charge >= 0.3 is 0 Å². The normalized spacial score (nSPS) is 21.4. The minimum atomic E-state index is -0.381. The number of aliphatic hydroxyl groups excluding tert-OH is 1. The van der Waals surface area contributed by atoms with Gasteiger partial charge in [-0.3, -0.25) is 0 Å². The van der Waals surface area contributed by atoms with Crippen LogP contribution in [0.15, 0.2) is 42.5 Å². The van der Waals surface area contributed by atoms with E-state index in [1.54, 1.807) is 7.11 Å². The lowest BCUT2D eigenvalue weighted by Gasteiger charge is -2.31. The molecule has 20 heavy (non-hydrogen) atoms. The van der Waals surface area contributed by atoms with Crippen molar-refractivity contribution in [3.8, 4) is 5.75 Å². The standard InChI is InChI=1S/C17H17ClO2/c1-20-14-7-5-11-6-8-16(19)17(15(11)10-14)12-3-2-4-13(18)9-12/h2-5,7,9-10,16-17,19H,6,8H2,1H3. The molecule has 1 aliphatic carbocycles. The molecule has 2 nitrogen and oxygen atoms in total. The van der Waals surface area contributed by atoms with Crippen molar-refractivity contribution in [3.05, 3.63) is 64.2 Å². The van der Waals surface area contributed by atoms with E-state index < -0.39 is 0 Å². The Morgan fingerprint density at radius 1 is 1.20 bits per heavy atom. The predicted octanol–water partition coefficient (Wildman–Crippen LogP) is 3.79. The van der Waals surface area contributed by atoms with Crippen LogP contribution in [0.1, 0.15) is 29.0 Å². The molecule has 3 heteroatoms. The molecule has 104 valence electrons. The molecule has 0 bridgehead atoms. The second-order valence-corrected chi connectivity index (χ2v) is 5.64. The highest BCUT2D eigenvalue weighted by Gasteiger charge is 2.29. The van der Waals surface area contributed by atoms with Crippen LogP contribution >= 0.6 is 11.6 Å². The molecule has 0 saturated carbocycles. The molecule has 0 radical (unpaired) electrons. The van der Waals surface area contributed by atoms with Gasteiger partial charge in [0.1, 0.15) is 5.75 Å². The van der Waals surface area contributed by atoms with Gasteiger partial charge in [0.05, 0.1) is 13.2 Å². The van der Waals surface area contributed by atoms with Crippen molar-refractivity contribution in [1.82, 2.24) is 0 Å². The number of rotatable bonds is 2. The second-order valence-electron chi connectivity index (χ2n) is 5.20. The minimum Gasteiger partial charge on any atom is -0.497 e. The van der Waals surface area contributed by atoms with Gasteiger partial charge in [-0.15, -0.1) is 0 Å². The number of benzene rings is 2. The third kappa shape index (κ3) is 2.41. The van der Waals surface area contributed by atoms with Gasteiger partial charge in [-0.1, -0.05) is 29.8 Å². The molecule has 1 N–H and O–H groups in total. The third-order valence-corrected chi connectivity index (χ3v) is 4.23. The zero-order valence-corrected chi connectivity index (χ0v) is 12.1. The molecule has 2 aromatic carbocycles. The van der Waals surface area contributed by atoms with E-state index in [-0.39, 0.29) is 12.0 Å². The average Bonchev–Trinajstić information content (AvgIpc) is 2.46. The quantitative estimate of drug-likeness (QED) is 0.911. The number of halogens is 1. The Labute approximate surface area is 124 Å². The topological polar surface area (TPSA) is 29.5 Å². The number of hydrogen-bond acceptors (Lipinski definition) is 2. The fourth-order valence-corrected chi connectivity index (χ4v) is 3.19. The Hall–Kier alpha value is -1.51. The molecule has 0 spiro atoms. The Balaban J connectivity index is 2.11. The number of ether oxygens (including phenoxy) is 1. The van der Waals surface area contributed by atoms with E-state index in [1.165, 1.54) is 5.56 Å². The lowest BCUT2D eigenvalue weighted by Crippen LogP contribution is -2.26. The maximum absolute atomic E-state index is 10.4. The van der Waals surface area contributed by atoms with E-state index in [0.29, 0.717) is 5.02 Å². The molecule has 0 fully saturated rings. The largest absolute Gasteiger partial charge is 0.497 e. The monoisotopic (exact) mass is 288 g/mol. The van der Waals surface area contributed by atoms with E-state index in [9.17, 15) is 5.11 Å². The number of aryl methyl sites for hydroxylation is 1. The number of aliphatic hydroxyl groups is 1. The van der Waals surface area contributed by atoms with E-state index >= 15 is 0 Å². The molecule has 2 unspecified atom stereocenters.